The number of anilines is 1. The standard InChI is InChI=1S/C20H22N2O5/c1-26-17-10-6-3-7-14(17)11-12-21-18(23)13-19(24)22-16-9-5-4-8-15(16)20(25)27-2/h3-10H,11-13H2,1-2H3,(H,21,23)(H,22,24). The molecular weight excluding hydrogens is 348 g/mol. The molecular formula is C20H22N2O5. The maximum absolute atomic E-state index is 12.1. The lowest BCUT2D eigenvalue weighted by atomic mass is 10.1. The fourth-order valence-electron chi connectivity index (χ4n) is 2.53. The van der Waals surface area contributed by atoms with Crippen LogP contribution in [0.1, 0.15) is 22.3 Å². The Morgan fingerprint density at radius 1 is 0.926 bits per heavy atom. The lowest BCUT2D eigenvalue weighted by Crippen LogP contribution is -2.30. The van der Waals surface area contributed by atoms with Gasteiger partial charge in [-0.05, 0) is 30.2 Å². The molecule has 0 atom stereocenters. The highest BCUT2D eigenvalue weighted by Gasteiger charge is 2.15. The summed E-state index contributed by atoms with van der Waals surface area (Å²) in [7, 11) is 2.85. The fourth-order valence-corrected chi connectivity index (χ4v) is 2.53. The summed E-state index contributed by atoms with van der Waals surface area (Å²) in [5, 5.41) is 5.26. The summed E-state index contributed by atoms with van der Waals surface area (Å²) in [5.41, 5.74) is 1.50. The predicted octanol–water partition coefficient (Wildman–Crippen LogP) is 2.17. The number of para-hydroxylation sites is 2. The van der Waals surface area contributed by atoms with Gasteiger partial charge in [-0.15, -0.1) is 0 Å². The molecule has 0 unspecified atom stereocenters. The zero-order chi connectivity index (χ0) is 19.6. The van der Waals surface area contributed by atoms with E-state index in [9.17, 15) is 14.4 Å². The van der Waals surface area contributed by atoms with Gasteiger partial charge in [-0.1, -0.05) is 30.3 Å². The Kier molecular flexibility index (Phi) is 7.37. The third-order valence-electron chi connectivity index (χ3n) is 3.84. The summed E-state index contributed by atoms with van der Waals surface area (Å²) in [6, 6.07) is 14.0. The first-order valence-electron chi connectivity index (χ1n) is 8.41. The van der Waals surface area contributed by atoms with Crippen molar-refractivity contribution < 1.29 is 23.9 Å². The molecule has 0 saturated carbocycles. The number of rotatable bonds is 8. The second-order valence-corrected chi connectivity index (χ2v) is 5.67. The molecule has 2 N–H and O–H groups in total. The zero-order valence-corrected chi connectivity index (χ0v) is 15.3. The van der Waals surface area contributed by atoms with Crippen LogP contribution < -0.4 is 15.4 Å². The van der Waals surface area contributed by atoms with Crippen LogP contribution in [0.25, 0.3) is 0 Å². The number of hydrogen-bond donors (Lipinski definition) is 2. The molecule has 7 nitrogen and oxygen atoms in total. The van der Waals surface area contributed by atoms with Crippen molar-refractivity contribution in [1.82, 2.24) is 5.32 Å². The summed E-state index contributed by atoms with van der Waals surface area (Å²) >= 11 is 0. The second-order valence-electron chi connectivity index (χ2n) is 5.67. The van der Waals surface area contributed by atoms with E-state index in [0.29, 0.717) is 18.7 Å². The van der Waals surface area contributed by atoms with Gasteiger partial charge in [-0.25, -0.2) is 4.79 Å². The summed E-state index contributed by atoms with van der Waals surface area (Å²) < 4.78 is 9.93. The van der Waals surface area contributed by atoms with Crippen LogP contribution in [0, 0.1) is 0 Å². The summed E-state index contributed by atoms with van der Waals surface area (Å²) in [4.78, 5) is 35.7. The number of ether oxygens (including phenoxy) is 2. The molecule has 0 aliphatic carbocycles. The molecule has 0 spiro atoms. The smallest absolute Gasteiger partial charge is 0.339 e. The first-order chi connectivity index (χ1) is 13.0. The van der Waals surface area contributed by atoms with Gasteiger partial charge < -0.3 is 20.1 Å². The van der Waals surface area contributed by atoms with Crippen LogP contribution >= 0.6 is 0 Å². The topological polar surface area (TPSA) is 93.7 Å². The molecule has 0 aliphatic rings. The van der Waals surface area contributed by atoms with Crippen molar-refractivity contribution in [2.45, 2.75) is 12.8 Å². The van der Waals surface area contributed by atoms with Crippen molar-refractivity contribution in [2.75, 3.05) is 26.1 Å². The van der Waals surface area contributed by atoms with Crippen LogP contribution in [0.2, 0.25) is 0 Å². The average molecular weight is 370 g/mol. The van der Waals surface area contributed by atoms with Crippen LogP contribution in [0.5, 0.6) is 5.75 Å². The van der Waals surface area contributed by atoms with Gasteiger partial charge in [0.15, 0.2) is 0 Å². The van der Waals surface area contributed by atoms with Crippen molar-refractivity contribution in [2.24, 2.45) is 0 Å². The Morgan fingerprint density at radius 3 is 2.37 bits per heavy atom. The van der Waals surface area contributed by atoms with Gasteiger partial charge in [0.1, 0.15) is 12.2 Å². The van der Waals surface area contributed by atoms with Gasteiger partial charge >= 0.3 is 5.97 Å². The van der Waals surface area contributed by atoms with E-state index in [1.54, 1.807) is 25.3 Å². The highest BCUT2D eigenvalue weighted by molar-refractivity contribution is 6.06. The van der Waals surface area contributed by atoms with Gasteiger partial charge in [0, 0.05) is 6.54 Å². The van der Waals surface area contributed by atoms with Crippen molar-refractivity contribution in [3.05, 3.63) is 59.7 Å². The normalized spacial score (nSPS) is 10.0. The summed E-state index contributed by atoms with van der Waals surface area (Å²) in [5.74, 6) is -0.727. The first kappa shape index (κ1) is 20.0. The van der Waals surface area contributed by atoms with E-state index in [2.05, 4.69) is 15.4 Å². The number of nitrogens with one attached hydrogen (secondary N) is 2. The third-order valence-corrected chi connectivity index (χ3v) is 3.84. The van der Waals surface area contributed by atoms with Gasteiger partial charge in [-0.3, -0.25) is 9.59 Å². The second kappa shape index (κ2) is 9.96. The van der Waals surface area contributed by atoms with Crippen LogP contribution in [-0.4, -0.2) is 38.5 Å². The highest BCUT2D eigenvalue weighted by atomic mass is 16.5. The maximum Gasteiger partial charge on any atom is 0.339 e. The number of hydrogen-bond acceptors (Lipinski definition) is 5. The molecule has 0 fully saturated rings. The van der Waals surface area contributed by atoms with Gasteiger partial charge in [-0.2, -0.15) is 0 Å². The lowest BCUT2D eigenvalue weighted by molar-refractivity contribution is -0.126. The van der Waals surface area contributed by atoms with E-state index in [1.807, 2.05) is 24.3 Å². The number of methoxy groups -OCH3 is 2. The molecule has 27 heavy (non-hydrogen) atoms. The van der Waals surface area contributed by atoms with Gasteiger partial charge in [0.05, 0.1) is 25.5 Å². The first-order valence-corrected chi connectivity index (χ1v) is 8.41. The molecule has 0 saturated heterocycles. The van der Waals surface area contributed by atoms with Crippen LogP contribution in [0.4, 0.5) is 5.69 Å². The maximum atomic E-state index is 12.1. The molecule has 0 aromatic heterocycles. The quantitative estimate of drug-likeness (QED) is 0.549. The van der Waals surface area contributed by atoms with Crippen molar-refractivity contribution >= 4 is 23.5 Å². The molecule has 2 rings (SSSR count). The van der Waals surface area contributed by atoms with Gasteiger partial charge in [0.25, 0.3) is 0 Å². The predicted molar refractivity (Wildman–Crippen MR) is 101 cm³/mol. The average Bonchev–Trinajstić information content (AvgIpc) is 2.68. The largest absolute Gasteiger partial charge is 0.496 e. The summed E-state index contributed by atoms with van der Waals surface area (Å²) in [6.45, 7) is 0.380. The number of esters is 1. The van der Waals surface area contributed by atoms with Crippen molar-refractivity contribution in [1.29, 1.82) is 0 Å². The molecule has 7 heteroatoms. The molecule has 0 heterocycles. The number of benzene rings is 2. The molecule has 142 valence electrons. The van der Waals surface area contributed by atoms with Crippen LogP contribution in [0.15, 0.2) is 48.5 Å². The van der Waals surface area contributed by atoms with Crippen molar-refractivity contribution in [3.63, 3.8) is 0 Å². The molecule has 0 radical (unpaired) electrons. The SMILES string of the molecule is COC(=O)c1ccccc1NC(=O)CC(=O)NCCc1ccccc1OC. The Morgan fingerprint density at radius 2 is 1.63 bits per heavy atom. The number of carbonyl (C=O) groups is 3. The fraction of sp³-hybridized carbons (Fsp3) is 0.250. The molecule has 0 bridgehead atoms. The van der Waals surface area contributed by atoms with E-state index in [1.165, 1.54) is 13.2 Å². The van der Waals surface area contributed by atoms with Crippen LogP contribution in [0.3, 0.4) is 0 Å². The monoisotopic (exact) mass is 370 g/mol. The Balaban J connectivity index is 1.84. The van der Waals surface area contributed by atoms with Gasteiger partial charge in [0.2, 0.25) is 11.8 Å². The Labute approximate surface area is 157 Å². The minimum Gasteiger partial charge on any atom is -0.496 e. The third kappa shape index (κ3) is 5.85. The van der Waals surface area contributed by atoms with E-state index in [4.69, 9.17) is 4.74 Å². The van der Waals surface area contributed by atoms with Crippen LogP contribution in [-0.2, 0) is 20.7 Å². The van der Waals surface area contributed by atoms with E-state index < -0.39 is 17.8 Å². The van der Waals surface area contributed by atoms with Crippen molar-refractivity contribution in [3.8, 4) is 5.75 Å². The minimum atomic E-state index is -0.563. The molecule has 2 aromatic carbocycles. The number of carbonyl (C=O) groups excluding carboxylic acids is 3. The molecule has 2 amide bonds. The lowest BCUT2D eigenvalue weighted by Gasteiger charge is -2.10. The summed E-state index contributed by atoms with van der Waals surface area (Å²) in [6.07, 6.45) is 0.240. The molecule has 2 aromatic rings. The van der Waals surface area contributed by atoms with E-state index >= 15 is 0 Å². The zero-order valence-electron chi connectivity index (χ0n) is 15.3. The Hall–Kier alpha value is -3.35. The highest BCUT2D eigenvalue weighted by Crippen LogP contribution is 2.17. The Bertz CT molecular complexity index is 820. The minimum absolute atomic E-state index is 0.227. The van der Waals surface area contributed by atoms with E-state index in [0.717, 1.165) is 11.3 Å². The number of amides is 2. The molecule has 0 aliphatic heterocycles. The van der Waals surface area contributed by atoms with E-state index in [-0.39, 0.29) is 12.0 Å².